The van der Waals surface area contributed by atoms with Crippen molar-refractivity contribution in [2.75, 3.05) is 9.80 Å². The molecule has 0 spiro atoms. The van der Waals surface area contributed by atoms with Crippen LogP contribution in [0.15, 0.2) is 91.0 Å². The van der Waals surface area contributed by atoms with Crippen LogP contribution in [0.3, 0.4) is 0 Å². The largest absolute Gasteiger partial charge is 0.311 e. The second-order valence-electron chi connectivity index (χ2n) is 25.1. The molecule has 5 aromatic carbocycles. The molecule has 0 radical (unpaired) electrons. The van der Waals surface area contributed by atoms with Crippen molar-refractivity contribution in [3.63, 3.8) is 0 Å². The number of hydrogen-bond acceptors (Lipinski definition) is 3. The van der Waals surface area contributed by atoms with E-state index in [1.807, 2.05) is 11.3 Å². The van der Waals surface area contributed by atoms with Gasteiger partial charge in [0.05, 0.1) is 5.00 Å². The standard InChI is InChI=1S/C59H69BN2S/c1-54(2,3)37-14-18-41(19-15-37)61-47-22-16-39(56(7,8)9)31-46(47)60-51-43-30-38(55(4,5)6)17-23-50(43)63-53(51)62(42-20-21-44-45(34-42)58(12,13)35-57(44,10)11)49-33-40(32-48(61)52(49)60)59-27-24-36(25-28-59)26-29-59/h14-23,30-34,36H,24-29,35H2,1-13H3. The van der Waals surface area contributed by atoms with E-state index in [4.69, 9.17) is 0 Å². The predicted molar refractivity (Wildman–Crippen MR) is 275 cm³/mol. The van der Waals surface area contributed by atoms with E-state index in [1.54, 1.807) is 5.56 Å². The average molecular weight is 849 g/mol. The first-order chi connectivity index (χ1) is 29.5. The van der Waals surface area contributed by atoms with E-state index in [2.05, 4.69) is 191 Å². The Balaban J connectivity index is 1.27. The number of nitrogens with zero attached hydrogens (tertiary/aromatic N) is 2. The van der Waals surface area contributed by atoms with Crippen molar-refractivity contribution in [3.05, 3.63) is 124 Å². The molecule has 3 heterocycles. The third-order valence-electron chi connectivity index (χ3n) is 16.7. The third kappa shape index (κ3) is 6.30. The minimum atomic E-state index is 0.00477. The van der Waals surface area contributed by atoms with Crippen LogP contribution in [0, 0.1) is 5.92 Å². The Morgan fingerprint density at radius 3 is 1.73 bits per heavy atom. The van der Waals surface area contributed by atoms with Crippen LogP contribution in [0.1, 0.15) is 168 Å². The Morgan fingerprint density at radius 2 is 1.10 bits per heavy atom. The van der Waals surface area contributed by atoms with Crippen molar-refractivity contribution in [2.45, 2.75) is 167 Å². The highest BCUT2D eigenvalue weighted by molar-refractivity contribution is 7.26. The summed E-state index contributed by atoms with van der Waals surface area (Å²) in [5.74, 6) is 0.906. The molecule has 324 valence electrons. The molecule has 0 amide bonds. The van der Waals surface area contributed by atoms with Gasteiger partial charge in [-0.15, -0.1) is 11.3 Å². The first-order valence-electron chi connectivity index (χ1n) is 24.3. The van der Waals surface area contributed by atoms with Gasteiger partial charge >= 0.3 is 0 Å². The molecular weight excluding hydrogens is 780 g/mol. The monoisotopic (exact) mass is 849 g/mol. The fourth-order valence-corrected chi connectivity index (χ4v) is 14.5. The summed E-state index contributed by atoms with van der Waals surface area (Å²) in [5.41, 5.74) is 20.3. The van der Waals surface area contributed by atoms with Gasteiger partial charge in [0.25, 0.3) is 6.71 Å². The molecule has 3 saturated carbocycles. The minimum absolute atomic E-state index is 0.00477. The zero-order valence-corrected chi connectivity index (χ0v) is 41.4. The van der Waals surface area contributed by atoms with Crippen LogP contribution < -0.4 is 26.2 Å². The maximum absolute atomic E-state index is 2.77. The summed E-state index contributed by atoms with van der Waals surface area (Å²) in [4.78, 5) is 5.45. The smallest absolute Gasteiger partial charge is 0.254 e. The first-order valence-corrected chi connectivity index (χ1v) is 25.1. The van der Waals surface area contributed by atoms with Crippen molar-refractivity contribution in [3.8, 4) is 0 Å². The van der Waals surface area contributed by atoms with E-state index < -0.39 is 0 Å². The van der Waals surface area contributed by atoms with Gasteiger partial charge in [0.15, 0.2) is 0 Å². The molecule has 0 saturated heterocycles. The van der Waals surface area contributed by atoms with Crippen LogP contribution in [0.5, 0.6) is 0 Å². The molecule has 6 aliphatic rings. The molecule has 63 heavy (non-hydrogen) atoms. The third-order valence-corrected chi connectivity index (χ3v) is 17.9. The maximum atomic E-state index is 2.77. The highest BCUT2D eigenvalue weighted by Crippen LogP contribution is 2.57. The zero-order valence-electron chi connectivity index (χ0n) is 40.6. The molecular formula is C59H69BN2S. The topological polar surface area (TPSA) is 6.48 Å². The molecule has 0 N–H and O–H groups in total. The van der Waals surface area contributed by atoms with E-state index in [0.717, 1.165) is 12.3 Å². The van der Waals surface area contributed by atoms with Gasteiger partial charge in [-0.1, -0.05) is 132 Å². The highest BCUT2D eigenvalue weighted by atomic mass is 32.1. The van der Waals surface area contributed by atoms with Crippen LogP contribution in [0.25, 0.3) is 10.1 Å². The van der Waals surface area contributed by atoms with E-state index >= 15 is 0 Å². The molecule has 1 aromatic heterocycles. The lowest BCUT2D eigenvalue weighted by Crippen LogP contribution is -2.61. The molecule has 6 aromatic rings. The normalized spacial score (nSPS) is 22.0. The lowest BCUT2D eigenvalue weighted by atomic mass is 9.33. The number of fused-ring (bicyclic) bond motifs is 10. The number of hydrogen-bond donors (Lipinski definition) is 0. The van der Waals surface area contributed by atoms with Crippen LogP contribution in [-0.4, -0.2) is 6.71 Å². The van der Waals surface area contributed by atoms with Gasteiger partial charge in [-0.2, -0.15) is 0 Å². The Labute approximate surface area is 383 Å². The molecule has 2 bridgehead atoms. The summed E-state index contributed by atoms with van der Waals surface area (Å²) in [6.45, 7) is 31.2. The summed E-state index contributed by atoms with van der Waals surface area (Å²) in [6, 6.07) is 37.6. The second kappa shape index (κ2) is 13.4. The van der Waals surface area contributed by atoms with Crippen LogP contribution in [0.2, 0.25) is 0 Å². The van der Waals surface area contributed by atoms with Gasteiger partial charge in [0.1, 0.15) is 0 Å². The molecule has 2 nitrogen and oxygen atoms in total. The molecule has 4 heteroatoms. The first kappa shape index (κ1) is 41.4. The van der Waals surface area contributed by atoms with Crippen molar-refractivity contribution >= 4 is 78.0 Å². The fourth-order valence-electron chi connectivity index (χ4n) is 13.2. The number of rotatable bonds is 3. The van der Waals surface area contributed by atoms with Crippen molar-refractivity contribution in [1.29, 1.82) is 0 Å². The quantitative estimate of drug-likeness (QED) is 0.163. The average Bonchev–Trinajstić information content (AvgIpc) is 3.69. The highest BCUT2D eigenvalue weighted by Gasteiger charge is 2.49. The fraction of sp³-hybridized carbons (Fsp3) is 0.458. The van der Waals surface area contributed by atoms with Crippen molar-refractivity contribution < 1.29 is 0 Å². The summed E-state index contributed by atoms with van der Waals surface area (Å²) in [7, 11) is 0. The minimum Gasteiger partial charge on any atom is -0.311 e. The molecule has 2 aliphatic heterocycles. The Hall–Kier alpha value is -4.28. The van der Waals surface area contributed by atoms with Gasteiger partial charge < -0.3 is 9.80 Å². The van der Waals surface area contributed by atoms with Crippen LogP contribution >= 0.6 is 11.3 Å². The molecule has 0 atom stereocenters. The van der Waals surface area contributed by atoms with Gasteiger partial charge in [-0.25, -0.2) is 0 Å². The van der Waals surface area contributed by atoms with Gasteiger partial charge in [-0.05, 0) is 187 Å². The summed E-state index contributed by atoms with van der Waals surface area (Å²) in [5, 5.41) is 2.81. The molecule has 12 rings (SSSR count). The van der Waals surface area contributed by atoms with Gasteiger partial charge in [0.2, 0.25) is 0 Å². The van der Waals surface area contributed by atoms with Crippen LogP contribution in [-0.2, 0) is 32.5 Å². The summed E-state index contributed by atoms with van der Waals surface area (Å²) >= 11 is 2.02. The summed E-state index contributed by atoms with van der Waals surface area (Å²) < 4.78 is 1.38. The Morgan fingerprint density at radius 1 is 0.540 bits per heavy atom. The zero-order chi connectivity index (χ0) is 44.4. The number of benzene rings is 5. The molecule has 3 fully saturated rings. The SMILES string of the molecule is CC(C)(C)c1ccc(N2c3ccc(C(C)(C)C)cc3B3c4c2cc(C25CCC(CC2)CC5)cc4N(c2ccc4c(c2)C(C)(C)CC4(C)C)c2sc4ccc(C(C)(C)C)cc4c23)cc1. The van der Waals surface area contributed by atoms with Crippen molar-refractivity contribution in [2.24, 2.45) is 5.92 Å². The van der Waals surface area contributed by atoms with E-state index in [0.29, 0.717) is 0 Å². The lowest BCUT2D eigenvalue weighted by molar-refractivity contribution is 0.136. The molecule has 4 aliphatic carbocycles. The lowest BCUT2D eigenvalue weighted by Gasteiger charge is -2.49. The van der Waals surface area contributed by atoms with E-state index in [1.165, 1.54) is 126 Å². The number of anilines is 6. The van der Waals surface area contributed by atoms with Gasteiger partial charge in [-0.3, -0.25) is 0 Å². The number of thiophene rings is 1. The Bertz CT molecular complexity index is 2830. The maximum Gasteiger partial charge on any atom is 0.254 e. The van der Waals surface area contributed by atoms with Gasteiger partial charge in [0, 0.05) is 33.1 Å². The van der Waals surface area contributed by atoms with Crippen LogP contribution in [0.4, 0.5) is 33.4 Å². The Kier molecular flexibility index (Phi) is 8.81. The molecule has 0 unspecified atom stereocenters. The predicted octanol–water partition coefficient (Wildman–Crippen LogP) is 15.1. The van der Waals surface area contributed by atoms with E-state index in [9.17, 15) is 0 Å². The van der Waals surface area contributed by atoms with Crippen molar-refractivity contribution in [1.82, 2.24) is 0 Å². The van der Waals surface area contributed by atoms with E-state index in [-0.39, 0.29) is 39.2 Å². The summed E-state index contributed by atoms with van der Waals surface area (Å²) in [6.07, 6.45) is 9.16. The second-order valence-corrected chi connectivity index (χ2v) is 26.1.